The number of thioether (sulfide) groups is 1. The van der Waals surface area contributed by atoms with E-state index in [1.54, 1.807) is 6.92 Å². The number of amides is 2. The van der Waals surface area contributed by atoms with E-state index in [1.165, 1.54) is 17.3 Å². The van der Waals surface area contributed by atoms with Gasteiger partial charge in [0.25, 0.3) is 5.91 Å². The molecule has 0 spiro atoms. The van der Waals surface area contributed by atoms with Gasteiger partial charge in [0, 0.05) is 12.2 Å². The summed E-state index contributed by atoms with van der Waals surface area (Å²) in [4.78, 5) is 25.0. The van der Waals surface area contributed by atoms with Crippen LogP contribution in [0.4, 0.5) is 5.69 Å². The van der Waals surface area contributed by atoms with Gasteiger partial charge in [-0.1, -0.05) is 43.0 Å². The van der Waals surface area contributed by atoms with Gasteiger partial charge in [0.05, 0.1) is 12.3 Å². The van der Waals surface area contributed by atoms with E-state index in [0.717, 1.165) is 23.2 Å². The third-order valence-corrected chi connectivity index (χ3v) is 6.72. The number of rotatable bonds is 11. The van der Waals surface area contributed by atoms with Crippen molar-refractivity contribution >= 4 is 29.3 Å². The predicted octanol–water partition coefficient (Wildman–Crippen LogP) is 4.29. The maximum Gasteiger partial charge on any atom is 0.261 e. The van der Waals surface area contributed by atoms with Gasteiger partial charge in [0.2, 0.25) is 5.91 Å². The van der Waals surface area contributed by atoms with Crippen LogP contribution in [0, 0.1) is 13.8 Å². The number of ether oxygens (including phenoxy) is 1. The second-order valence-corrected chi connectivity index (χ2v) is 9.15. The normalized spacial score (nSPS) is 11.7. The molecular weight excluding hydrogens is 462 g/mol. The van der Waals surface area contributed by atoms with E-state index in [0.29, 0.717) is 23.3 Å². The van der Waals surface area contributed by atoms with E-state index >= 15 is 0 Å². The van der Waals surface area contributed by atoms with Crippen molar-refractivity contribution in [2.45, 2.75) is 65.4 Å². The molecule has 186 valence electrons. The third kappa shape index (κ3) is 7.08. The van der Waals surface area contributed by atoms with Crippen molar-refractivity contribution in [3.05, 3.63) is 65.0 Å². The summed E-state index contributed by atoms with van der Waals surface area (Å²) in [6.45, 7) is 10.6. The number of aryl methyl sites for hydroxylation is 2. The van der Waals surface area contributed by atoms with E-state index in [-0.39, 0.29) is 24.1 Å². The van der Waals surface area contributed by atoms with Crippen LogP contribution < -0.4 is 15.4 Å². The van der Waals surface area contributed by atoms with E-state index in [4.69, 9.17) is 4.74 Å². The molecule has 0 radical (unpaired) electrons. The Morgan fingerprint density at radius 2 is 1.83 bits per heavy atom. The maximum absolute atomic E-state index is 12.5. The monoisotopic (exact) mass is 495 g/mol. The van der Waals surface area contributed by atoms with Crippen molar-refractivity contribution in [1.82, 2.24) is 20.1 Å². The van der Waals surface area contributed by atoms with Crippen LogP contribution in [0.3, 0.4) is 0 Å². The molecular formula is C26H33N5O3S. The molecule has 1 atom stereocenters. The molecule has 2 N–H and O–H groups in total. The average Bonchev–Trinajstić information content (AvgIpc) is 3.26. The van der Waals surface area contributed by atoms with Crippen molar-refractivity contribution in [3.8, 4) is 5.75 Å². The first-order valence-corrected chi connectivity index (χ1v) is 12.7. The minimum Gasteiger partial charge on any atom is -0.481 e. The zero-order chi connectivity index (χ0) is 25.4. The molecule has 0 bridgehead atoms. The number of aromatic nitrogens is 3. The Kier molecular flexibility index (Phi) is 9.31. The van der Waals surface area contributed by atoms with Crippen molar-refractivity contribution in [2.75, 3.05) is 11.1 Å². The van der Waals surface area contributed by atoms with Gasteiger partial charge in [-0.3, -0.25) is 9.59 Å². The Labute approximate surface area is 210 Å². The third-order valence-electron chi connectivity index (χ3n) is 5.76. The van der Waals surface area contributed by atoms with Gasteiger partial charge in [-0.15, -0.1) is 10.2 Å². The molecule has 0 aliphatic heterocycles. The lowest BCUT2D eigenvalue weighted by Crippen LogP contribution is -2.36. The molecule has 9 heteroatoms. The molecule has 0 aliphatic carbocycles. The Morgan fingerprint density at radius 1 is 1.09 bits per heavy atom. The van der Waals surface area contributed by atoms with E-state index < -0.39 is 6.10 Å². The Balaban J connectivity index is 1.52. The van der Waals surface area contributed by atoms with Gasteiger partial charge >= 0.3 is 0 Å². The van der Waals surface area contributed by atoms with Crippen LogP contribution in [0.15, 0.2) is 47.6 Å². The summed E-state index contributed by atoms with van der Waals surface area (Å²) in [5.41, 5.74) is 4.21. The highest BCUT2D eigenvalue weighted by molar-refractivity contribution is 7.99. The summed E-state index contributed by atoms with van der Waals surface area (Å²) in [5, 5.41) is 14.9. The molecule has 1 aromatic heterocycles. The van der Waals surface area contributed by atoms with Crippen LogP contribution in [0.5, 0.6) is 5.75 Å². The molecule has 35 heavy (non-hydrogen) atoms. The molecule has 0 aliphatic rings. The SMILES string of the molecule is CCc1ccc(O[C@@H](C)C(=O)NCc2nnc(SCC(=O)Nc3cccc(C)c3C)n2CC)cc1. The quantitative estimate of drug-likeness (QED) is 0.385. The largest absolute Gasteiger partial charge is 0.481 e. The molecule has 1 heterocycles. The van der Waals surface area contributed by atoms with Gasteiger partial charge in [-0.2, -0.15) is 0 Å². The van der Waals surface area contributed by atoms with Crippen LogP contribution in [-0.4, -0.2) is 38.4 Å². The zero-order valence-electron chi connectivity index (χ0n) is 20.9. The van der Waals surface area contributed by atoms with Gasteiger partial charge in [-0.25, -0.2) is 0 Å². The predicted molar refractivity (Wildman–Crippen MR) is 139 cm³/mol. The highest BCUT2D eigenvalue weighted by Gasteiger charge is 2.18. The van der Waals surface area contributed by atoms with Crippen molar-refractivity contribution in [1.29, 1.82) is 0 Å². The Morgan fingerprint density at radius 3 is 2.51 bits per heavy atom. The van der Waals surface area contributed by atoms with Crippen LogP contribution in [0.2, 0.25) is 0 Å². The van der Waals surface area contributed by atoms with Crippen LogP contribution in [0.25, 0.3) is 0 Å². The van der Waals surface area contributed by atoms with E-state index in [9.17, 15) is 9.59 Å². The summed E-state index contributed by atoms with van der Waals surface area (Å²) < 4.78 is 7.65. The van der Waals surface area contributed by atoms with E-state index in [1.807, 2.05) is 67.8 Å². The molecule has 3 rings (SSSR count). The van der Waals surface area contributed by atoms with Gasteiger partial charge in [0.1, 0.15) is 5.75 Å². The number of carbonyl (C=O) groups is 2. The van der Waals surface area contributed by atoms with Crippen LogP contribution >= 0.6 is 11.8 Å². The fourth-order valence-corrected chi connectivity index (χ4v) is 4.27. The molecule has 3 aromatic rings. The Bertz CT molecular complexity index is 1160. The highest BCUT2D eigenvalue weighted by atomic mass is 32.2. The molecule has 0 fully saturated rings. The standard InChI is InChI=1S/C26H33N5O3S/c1-6-20-11-13-21(14-12-20)34-19(5)25(33)27-15-23-29-30-26(31(23)7-2)35-16-24(32)28-22-10-8-9-17(3)18(22)4/h8-14,19H,6-7,15-16H2,1-5H3,(H,27,33)(H,28,32)/t19-/m0/s1. The molecule has 0 saturated heterocycles. The summed E-state index contributed by atoms with van der Waals surface area (Å²) in [6.07, 6.45) is 0.300. The number of hydrogen-bond acceptors (Lipinski definition) is 6. The first-order valence-electron chi connectivity index (χ1n) is 11.8. The minimum atomic E-state index is -0.650. The topological polar surface area (TPSA) is 98.1 Å². The Hall–Kier alpha value is -3.33. The number of anilines is 1. The zero-order valence-corrected chi connectivity index (χ0v) is 21.7. The number of nitrogens with one attached hydrogen (secondary N) is 2. The average molecular weight is 496 g/mol. The second-order valence-electron chi connectivity index (χ2n) is 8.20. The smallest absolute Gasteiger partial charge is 0.261 e. The lowest BCUT2D eigenvalue weighted by atomic mass is 10.1. The lowest BCUT2D eigenvalue weighted by molar-refractivity contribution is -0.127. The lowest BCUT2D eigenvalue weighted by Gasteiger charge is -2.15. The molecule has 0 saturated carbocycles. The highest BCUT2D eigenvalue weighted by Crippen LogP contribution is 2.21. The fourth-order valence-electron chi connectivity index (χ4n) is 3.45. The summed E-state index contributed by atoms with van der Waals surface area (Å²) in [6, 6.07) is 13.6. The van der Waals surface area contributed by atoms with Gasteiger partial charge in [0.15, 0.2) is 17.1 Å². The summed E-state index contributed by atoms with van der Waals surface area (Å²) in [5.74, 6) is 1.14. The van der Waals surface area contributed by atoms with Crippen molar-refractivity contribution in [2.24, 2.45) is 0 Å². The van der Waals surface area contributed by atoms with E-state index in [2.05, 4.69) is 27.8 Å². The van der Waals surface area contributed by atoms with Crippen molar-refractivity contribution < 1.29 is 14.3 Å². The number of nitrogens with zero attached hydrogens (tertiary/aromatic N) is 3. The minimum absolute atomic E-state index is 0.109. The van der Waals surface area contributed by atoms with Crippen molar-refractivity contribution in [3.63, 3.8) is 0 Å². The first kappa shape index (κ1) is 26.3. The molecule has 0 unspecified atom stereocenters. The van der Waals surface area contributed by atoms with Gasteiger partial charge in [-0.05, 0) is 69.0 Å². The van der Waals surface area contributed by atoms with Crippen LogP contribution in [0.1, 0.15) is 43.3 Å². The summed E-state index contributed by atoms with van der Waals surface area (Å²) in [7, 11) is 0. The fraction of sp³-hybridized carbons (Fsp3) is 0.385. The molecule has 2 aromatic carbocycles. The number of benzene rings is 2. The van der Waals surface area contributed by atoms with Crippen LogP contribution in [-0.2, 0) is 29.1 Å². The molecule has 8 nitrogen and oxygen atoms in total. The molecule has 2 amide bonds. The maximum atomic E-state index is 12.5. The van der Waals surface area contributed by atoms with Gasteiger partial charge < -0.3 is 19.9 Å². The second kappa shape index (κ2) is 12.4. The number of carbonyl (C=O) groups excluding carboxylic acids is 2. The first-order chi connectivity index (χ1) is 16.8. The number of hydrogen-bond donors (Lipinski definition) is 2. The summed E-state index contributed by atoms with van der Waals surface area (Å²) >= 11 is 1.32.